The van der Waals surface area contributed by atoms with Gasteiger partial charge >= 0.3 is 0 Å². The van der Waals surface area contributed by atoms with Crippen LogP contribution in [0.1, 0.15) is 72.6 Å². The van der Waals surface area contributed by atoms with Gasteiger partial charge in [0.1, 0.15) is 29.4 Å². The van der Waals surface area contributed by atoms with E-state index in [1.165, 1.54) is 0 Å². The van der Waals surface area contributed by atoms with Gasteiger partial charge in [0.2, 0.25) is 17.7 Å². The molecule has 8 rings (SSSR count). The van der Waals surface area contributed by atoms with Gasteiger partial charge in [-0.15, -0.1) is 0 Å². The van der Waals surface area contributed by atoms with Crippen molar-refractivity contribution in [2.75, 3.05) is 41.3 Å². The van der Waals surface area contributed by atoms with Crippen molar-refractivity contribution in [3.05, 3.63) is 126 Å². The first-order valence-corrected chi connectivity index (χ1v) is 19.0. The Labute approximate surface area is 321 Å². The van der Waals surface area contributed by atoms with E-state index in [-0.39, 0.29) is 36.0 Å². The minimum atomic E-state index is -0.373. The highest BCUT2D eigenvalue weighted by atomic mass is 16.4. The van der Waals surface area contributed by atoms with Gasteiger partial charge in [0.05, 0.1) is 36.4 Å². The highest BCUT2D eigenvalue weighted by molar-refractivity contribution is 5.84. The Hall–Kier alpha value is -5.85. The van der Waals surface area contributed by atoms with Gasteiger partial charge in [-0.05, 0) is 70.6 Å². The molecular formula is C43H47N9O3. The van der Waals surface area contributed by atoms with E-state index in [9.17, 15) is 9.59 Å². The Balaban J connectivity index is 0.942. The number of hydrogen-bond donors (Lipinski definition) is 2. The molecular weight excluding hydrogens is 691 g/mol. The van der Waals surface area contributed by atoms with Gasteiger partial charge in [-0.2, -0.15) is 0 Å². The second-order valence-corrected chi connectivity index (χ2v) is 14.9. The Morgan fingerprint density at radius 1 is 0.636 bits per heavy atom. The van der Waals surface area contributed by atoms with Gasteiger partial charge in [0.25, 0.3) is 0 Å². The van der Waals surface area contributed by atoms with Crippen LogP contribution in [0.3, 0.4) is 0 Å². The summed E-state index contributed by atoms with van der Waals surface area (Å²) in [5.41, 5.74) is 5.36. The summed E-state index contributed by atoms with van der Waals surface area (Å²) >= 11 is 0. The fraction of sp³-hybridized carbons (Fsp3) is 0.326. The number of nitrogens with one attached hydrogen (secondary N) is 2. The molecule has 0 spiro atoms. The predicted molar refractivity (Wildman–Crippen MR) is 210 cm³/mol. The van der Waals surface area contributed by atoms with Gasteiger partial charge in [0.15, 0.2) is 5.76 Å². The fourth-order valence-electron chi connectivity index (χ4n) is 8.15. The highest BCUT2D eigenvalue weighted by Gasteiger charge is 2.38. The third kappa shape index (κ3) is 7.22. The zero-order chi connectivity index (χ0) is 38.1. The van der Waals surface area contributed by atoms with Crippen LogP contribution in [-0.2, 0) is 9.59 Å². The number of amides is 2. The van der Waals surface area contributed by atoms with Crippen molar-refractivity contribution in [1.29, 1.82) is 0 Å². The van der Waals surface area contributed by atoms with Crippen molar-refractivity contribution < 1.29 is 14.0 Å². The van der Waals surface area contributed by atoms with E-state index in [1.807, 2.05) is 139 Å². The molecule has 5 heterocycles. The Morgan fingerprint density at radius 3 is 1.62 bits per heavy atom. The zero-order valence-electron chi connectivity index (χ0n) is 31.7. The second kappa shape index (κ2) is 15.5. The second-order valence-electron chi connectivity index (χ2n) is 14.9. The first kappa shape index (κ1) is 36.1. The van der Waals surface area contributed by atoms with Gasteiger partial charge in [-0.1, -0.05) is 84.9 Å². The largest absolute Gasteiger partial charge is 0.435 e. The van der Waals surface area contributed by atoms with Crippen molar-refractivity contribution in [1.82, 2.24) is 44.5 Å². The molecule has 12 nitrogen and oxygen atoms in total. The molecule has 2 saturated heterocycles. The van der Waals surface area contributed by atoms with Crippen molar-refractivity contribution in [3.8, 4) is 34.2 Å². The molecule has 4 atom stereocenters. The van der Waals surface area contributed by atoms with E-state index in [1.54, 1.807) is 12.4 Å². The van der Waals surface area contributed by atoms with Crippen LogP contribution in [0.4, 0.5) is 0 Å². The van der Waals surface area contributed by atoms with Crippen LogP contribution in [0.25, 0.3) is 34.2 Å². The maximum Gasteiger partial charge on any atom is 0.245 e. The molecule has 3 aromatic heterocycles. The average molecular weight is 738 g/mol. The monoisotopic (exact) mass is 737 g/mol. The molecule has 0 saturated carbocycles. The lowest BCUT2D eigenvalue weighted by molar-refractivity contribution is -0.138. The number of H-pyrrole nitrogens is 2. The van der Waals surface area contributed by atoms with Crippen LogP contribution in [0.5, 0.6) is 0 Å². The standard InChI is InChI=1S/C43H47N9O3/c1-49(2)37(30-13-7-5-8-14-30)42(53)51-23-11-17-34(51)39-44-25-32(47-39)28-19-21-29(22-20-28)36-27-46-41(55-36)33-26-45-40(48-33)35-18-12-24-52(35)43(54)38(50(3)4)31-15-9-6-10-16-31/h5-10,13-16,19-22,25-27,34-35,37-38H,11-12,17-18,23-24H2,1-4H3,(H,44,47)(H,45,48)/t34-,35-,37-,38-/m1/s1. The van der Waals surface area contributed by atoms with Gasteiger partial charge in [-0.25, -0.2) is 15.0 Å². The number of imidazole rings is 2. The lowest BCUT2D eigenvalue weighted by Gasteiger charge is -2.31. The predicted octanol–water partition coefficient (Wildman–Crippen LogP) is 7.05. The maximum absolute atomic E-state index is 13.9. The molecule has 2 aliphatic rings. The number of benzene rings is 3. The van der Waals surface area contributed by atoms with Crippen molar-refractivity contribution in [2.24, 2.45) is 0 Å². The molecule has 2 N–H and O–H groups in total. The molecule has 12 heteroatoms. The summed E-state index contributed by atoms with van der Waals surface area (Å²) in [5, 5.41) is 0. The molecule has 0 aliphatic carbocycles. The van der Waals surface area contributed by atoms with E-state index in [2.05, 4.69) is 19.9 Å². The normalized spacial score (nSPS) is 18.4. The van der Waals surface area contributed by atoms with Crippen molar-refractivity contribution in [2.45, 2.75) is 49.9 Å². The lowest BCUT2D eigenvalue weighted by Crippen LogP contribution is -2.40. The minimum absolute atomic E-state index is 0.0671. The first-order valence-electron chi connectivity index (χ1n) is 19.0. The number of likely N-dealkylation sites (tertiary alicyclic amines) is 2. The smallest absolute Gasteiger partial charge is 0.245 e. The first-order chi connectivity index (χ1) is 26.8. The number of carbonyl (C=O) groups excluding carboxylic acids is 2. The lowest BCUT2D eigenvalue weighted by atomic mass is 10.0. The van der Waals surface area contributed by atoms with Crippen LogP contribution in [0, 0.1) is 0 Å². The molecule has 282 valence electrons. The molecule has 0 unspecified atom stereocenters. The van der Waals surface area contributed by atoms with E-state index >= 15 is 0 Å². The fourth-order valence-corrected chi connectivity index (χ4v) is 8.15. The number of carbonyl (C=O) groups is 2. The van der Waals surface area contributed by atoms with Crippen LogP contribution in [-0.4, -0.2) is 97.6 Å². The number of rotatable bonds is 11. The molecule has 55 heavy (non-hydrogen) atoms. The molecule has 3 aromatic carbocycles. The minimum Gasteiger partial charge on any atom is -0.435 e. The zero-order valence-corrected chi connectivity index (χ0v) is 31.7. The summed E-state index contributed by atoms with van der Waals surface area (Å²) in [6.07, 6.45) is 8.82. The number of aromatic nitrogens is 5. The van der Waals surface area contributed by atoms with Gasteiger partial charge in [-0.3, -0.25) is 19.4 Å². The summed E-state index contributed by atoms with van der Waals surface area (Å²) in [7, 11) is 7.78. The van der Waals surface area contributed by atoms with E-state index in [0.29, 0.717) is 30.4 Å². The molecule has 6 aromatic rings. The molecule has 0 bridgehead atoms. The summed E-state index contributed by atoms with van der Waals surface area (Å²) in [6.45, 7) is 1.38. The van der Waals surface area contributed by atoms with Crippen LogP contribution in [0.15, 0.2) is 108 Å². The van der Waals surface area contributed by atoms with Crippen molar-refractivity contribution in [3.63, 3.8) is 0 Å². The average Bonchev–Trinajstić information content (AvgIpc) is 4.04. The third-order valence-corrected chi connectivity index (χ3v) is 10.8. The summed E-state index contributed by atoms with van der Waals surface area (Å²) in [6, 6.07) is 26.9. The Morgan fingerprint density at radius 2 is 1.11 bits per heavy atom. The molecule has 2 aliphatic heterocycles. The number of likely N-dealkylation sites (N-methyl/N-ethyl adjacent to an activating group) is 2. The third-order valence-electron chi connectivity index (χ3n) is 10.8. The quantitative estimate of drug-likeness (QED) is 0.145. The SMILES string of the molecule is CN(C)[C@@H](C(=O)N1CCC[C@@H]1c1ncc(-c2ccc(-c3cnc(-c4cnc([C@H]5CCCN5C(=O)[C@@H](c5ccccc5)N(C)C)[nH]4)o3)cc2)[nH]1)c1ccccc1. The number of aromatic amines is 2. The Kier molecular flexibility index (Phi) is 10.2. The molecule has 2 fully saturated rings. The summed E-state index contributed by atoms with van der Waals surface area (Å²) in [5.74, 6) is 2.75. The topological polar surface area (TPSA) is 130 Å². The Bertz CT molecular complexity index is 2230. The number of oxazole rings is 1. The maximum atomic E-state index is 13.9. The van der Waals surface area contributed by atoms with Crippen molar-refractivity contribution >= 4 is 11.8 Å². The van der Waals surface area contributed by atoms with E-state index in [4.69, 9.17) is 9.40 Å². The van der Waals surface area contributed by atoms with Crippen LogP contribution in [0.2, 0.25) is 0 Å². The summed E-state index contributed by atoms with van der Waals surface area (Å²) in [4.78, 5) is 56.6. The van der Waals surface area contributed by atoms with Gasteiger partial charge in [0, 0.05) is 18.7 Å². The number of nitrogens with zero attached hydrogens (tertiary/aromatic N) is 7. The van der Waals surface area contributed by atoms with Crippen LogP contribution >= 0.6 is 0 Å². The molecule has 2 amide bonds. The van der Waals surface area contributed by atoms with Gasteiger partial charge < -0.3 is 24.2 Å². The summed E-state index contributed by atoms with van der Waals surface area (Å²) < 4.78 is 6.22. The van der Waals surface area contributed by atoms with E-state index in [0.717, 1.165) is 65.3 Å². The molecule has 0 radical (unpaired) electrons. The number of hydrogen-bond acceptors (Lipinski definition) is 8. The van der Waals surface area contributed by atoms with E-state index < -0.39 is 0 Å². The highest BCUT2D eigenvalue weighted by Crippen LogP contribution is 2.37. The van der Waals surface area contributed by atoms with Crippen LogP contribution < -0.4 is 0 Å².